The van der Waals surface area contributed by atoms with Crippen LogP contribution in [0.1, 0.15) is 35.4 Å². The van der Waals surface area contributed by atoms with Crippen LogP contribution in [-0.4, -0.2) is 64.0 Å². The number of benzene rings is 1. The molecule has 2 aromatic rings. The maximum absolute atomic E-state index is 12.9. The number of aromatic nitrogens is 2. The van der Waals surface area contributed by atoms with Crippen LogP contribution in [0.15, 0.2) is 18.2 Å². The van der Waals surface area contributed by atoms with E-state index in [1.165, 1.54) is 0 Å². The minimum absolute atomic E-state index is 0.0702. The number of amides is 1. The van der Waals surface area contributed by atoms with Gasteiger partial charge in [-0.3, -0.25) is 4.79 Å². The van der Waals surface area contributed by atoms with Crippen LogP contribution in [-0.2, 0) is 6.61 Å². The number of likely N-dealkylation sites (tertiary alicyclic amines) is 1. The molecule has 3 rings (SSSR count). The lowest BCUT2D eigenvalue weighted by molar-refractivity contribution is 0.0725. The summed E-state index contributed by atoms with van der Waals surface area (Å²) in [6.07, 6.45) is 3.35. The number of nitrogens with zero attached hydrogens (tertiary/aromatic N) is 3. The van der Waals surface area contributed by atoms with Gasteiger partial charge in [0.1, 0.15) is 12.4 Å². The van der Waals surface area contributed by atoms with Crippen molar-refractivity contribution in [1.82, 2.24) is 19.8 Å². The van der Waals surface area contributed by atoms with E-state index in [1.54, 1.807) is 0 Å². The zero-order chi connectivity index (χ0) is 16.4. The number of imidazole rings is 1. The van der Waals surface area contributed by atoms with E-state index in [2.05, 4.69) is 29.0 Å². The molecule has 1 amide bonds. The zero-order valence-electron chi connectivity index (χ0n) is 13.7. The number of carbonyl (C=O) groups excluding carboxylic acids is 1. The van der Waals surface area contributed by atoms with Crippen molar-refractivity contribution in [3.63, 3.8) is 0 Å². The largest absolute Gasteiger partial charge is 0.388 e. The summed E-state index contributed by atoms with van der Waals surface area (Å²) in [6.45, 7) is 1.45. The van der Waals surface area contributed by atoms with Crippen molar-refractivity contribution >= 4 is 16.9 Å². The molecule has 1 aliphatic heterocycles. The Morgan fingerprint density at radius 1 is 1.43 bits per heavy atom. The quantitative estimate of drug-likeness (QED) is 0.902. The molecule has 1 atom stereocenters. The molecule has 0 radical (unpaired) electrons. The highest BCUT2D eigenvalue weighted by Gasteiger charge is 2.24. The van der Waals surface area contributed by atoms with Gasteiger partial charge in [-0.15, -0.1) is 0 Å². The minimum Gasteiger partial charge on any atom is -0.388 e. The van der Waals surface area contributed by atoms with E-state index in [1.807, 2.05) is 23.1 Å². The number of carbonyl (C=O) groups is 1. The summed E-state index contributed by atoms with van der Waals surface area (Å²) >= 11 is 0. The Hall–Kier alpha value is -1.92. The van der Waals surface area contributed by atoms with Gasteiger partial charge < -0.3 is 19.9 Å². The third-order valence-electron chi connectivity index (χ3n) is 4.59. The SMILES string of the molecule is CN(C)[C@H]1CCCCN(C(=O)c2ccc3nc(CO)[nH]c3c2)C1. The number of hydrogen-bond donors (Lipinski definition) is 2. The molecule has 124 valence electrons. The summed E-state index contributed by atoms with van der Waals surface area (Å²) in [5.41, 5.74) is 2.23. The average Bonchev–Trinajstić information content (AvgIpc) is 2.80. The van der Waals surface area contributed by atoms with Crippen LogP contribution in [0.4, 0.5) is 0 Å². The summed E-state index contributed by atoms with van der Waals surface area (Å²) in [5, 5.41) is 9.16. The normalized spacial score (nSPS) is 19.3. The molecule has 6 heteroatoms. The molecule has 6 nitrogen and oxygen atoms in total. The molecule has 23 heavy (non-hydrogen) atoms. The molecule has 1 aromatic heterocycles. The van der Waals surface area contributed by atoms with Gasteiger partial charge in [0.25, 0.3) is 5.91 Å². The lowest BCUT2D eigenvalue weighted by Crippen LogP contribution is -2.41. The molecule has 1 saturated heterocycles. The number of H-pyrrole nitrogens is 1. The molecular formula is C17H24N4O2. The van der Waals surface area contributed by atoms with Crippen molar-refractivity contribution in [3.8, 4) is 0 Å². The first-order valence-corrected chi connectivity index (χ1v) is 8.13. The maximum atomic E-state index is 12.9. The van der Waals surface area contributed by atoms with Crippen LogP contribution >= 0.6 is 0 Å². The fourth-order valence-electron chi connectivity index (χ4n) is 3.18. The number of likely N-dealkylation sites (N-methyl/N-ethyl adjacent to an activating group) is 1. The Morgan fingerprint density at radius 2 is 2.26 bits per heavy atom. The van der Waals surface area contributed by atoms with Gasteiger partial charge in [0.05, 0.1) is 11.0 Å². The fraction of sp³-hybridized carbons (Fsp3) is 0.529. The molecule has 0 spiro atoms. The number of hydrogen-bond acceptors (Lipinski definition) is 4. The molecule has 0 unspecified atom stereocenters. The van der Waals surface area contributed by atoms with Crippen LogP contribution in [0.25, 0.3) is 11.0 Å². The van der Waals surface area contributed by atoms with Gasteiger partial charge in [0.2, 0.25) is 0 Å². The lowest BCUT2D eigenvalue weighted by Gasteiger charge is -2.28. The Labute approximate surface area is 136 Å². The smallest absolute Gasteiger partial charge is 0.253 e. The lowest BCUT2D eigenvalue weighted by atomic mass is 10.1. The van der Waals surface area contributed by atoms with Crippen molar-refractivity contribution in [1.29, 1.82) is 0 Å². The topological polar surface area (TPSA) is 72.5 Å². The van der Waals surface area contributed by atoms with E-state index < -0.39 is 0 Å². The van der Waals surface area contributed by atoms with Gasteiger partial charge in [-0.05, 0) is 45.1 Å². The Balaban J connectivity index is 1.83. The summed E-state index contributed by atoms with van der Waals surface area (Å²) in [6, 6.07) is 5.90. The third-order valence-corrected chi connectivity index (χ3v) is 4.59. The van der Waals surface area contributed by atoms with Crippen LogP contribution in [0.2, 0.25) is 0 Å². The van der Waals surface area contributed by atoms with Gasteiger partial charge in [0, 0.05) is 24.7 Å². The summed E-state index contributed by atoms with van der Waals surface area (Å²) in [7, 11) is 4.15. The first kappa shape index (κ1) is 16.0. The third kappa shape index (κ3) is 3.38. The molecule has 2 N–H and O–H groups in total. The fourth-order valence-corrected chi connectivity index (χ4v) is 3.18. The number of aliphatic hydroxyl groups excluding tert-OH is 1. The number of aliphatic hydroxyl groups is 1. The number of nitrogens with one attached hydrogen (secondary N) is 1. The average molecular weight is 316 g/mol. The van der Waals surface area contributed by atoms with Gasteiger partial charge in [-0.1, -0.05) is 6.42 Å². The summed E-state index contributed by atoms with van der Waals surface area (Å²) < 4.78 is 0. The molecule has 1 fully saturated rings. The Kier molecular flexibility index (Phi) is 4.63. The van der Waals surface area contributed by atoms with E-state index in [9.17, 15) is 4.79 Å². The molecule has 0 aliphatic carbocycles. The second-order valence-electron chi connectivity index (χ2n) is 6.44. The second kappa shape index (κ2) is 6.68. The van der Waals surface area contributed by atoms with Crippen molar-refractivity contribution in [3.05, 3.63) is 29.6 Å². The molecule has 2 heterocycles. The van der Waals surface area contributed by atoms with E-state index in [0.717, 1.165) is 43.4 Å². The van der Waals surface area contributed by atoms with Crippen molar-refractivity contribution in [2.24, 2.45) is 0 Å². The predicted octanol–water partition coefficient (Wildman–Crippen LogP) is 1.61. The van der Waals surface area contributed by atoms with Crippen LogP contribution in [0.5, 0.6) is 0 Å². The zero-order valence-corrected chi connectivity index (χ0v) is 13.7. The first-order valence-electron chi connectivity index (χ1n) is 8.13. The molecule has 0 saturated carbocycles. The van der Waals surface area contributed by atoms with E-state index >= 15 is 0 Å². The molecule has 0 bridgehead atoms. The monoisotopic (exact) mass is 316 g/mol. The van der Waals surface area contributed by atoms with E-state index in [-0.39, 0.29) is 12.5 Å². The number of fused-ring (bicyclic) bond motifs is 1. The number of rotatable bonds is 3. The van der Waals surface area contributed by atoms with Crippen LogP contribution < -0.4 is 0 Å². The predicted molar refractivity (Wildman–Crippen MR) is 89.2 cm³/mol. The van der Waals surface area contributed by atoms with Crippen molar-refractivity contribution in [2.75, 3.05) is 27.2 Å². The van der Waals surface area contributed by atoms with E-state index in [0.29, 0.717) is 17.4 Å². The van der Waals surface area contributed by atoms with Gasteiger partial charge in [-0.25, -0.2) is 4.98 Å². The van der Waals surface area contributed by atoms with Crippen molar-refractivity contribution in [2.45, 2.75) is 31.9 Å². The van der Waals surface area contributed by atoms with E-state index in [4.69, 9.17) is 5.11 Å². The second-order valence-corrected chi connectivity index (χ2v) is 6.44. The minimum atomic E-state index is -0.130. The van der Waals surface area contributed by atoms with Gasteiger partial charge in [-0.2, -0.15) is 0 Å². The molecule has 1 aromatic carbocycles. The van der Waals surface area contributed by atoms with Crippen LogP contribution in [0.3, 0.4) is 0 Å². The maximum Gasteiger partial charge on any atom is 0.253 e. The van der Waals surface area contributed by atoms with Gasteiger partial charge in [0.15, 0.2) is 0 Å². The summed E-state index contributed by atoms with van der Waals surface area (Å²) in [5.74, 6) is 0.591. The Bertz CT molecular complexity index is 695. The highest BCUT2D eigenvalue weighted by molar-refractivity contribution is 5.97. The molecule has 1 aliphatic rings. The number of aromatic amines is 1. The molecular weight excluding hydrogens is 292 g/mol. The Morgan fingerprint density at radius 3 is 3.00 bits per heavy atom. The first-order chi connectivity index (χ1) is 11.1. The van der Waals surface area contributed by atoms with Crippen molar-refractivity contribution < 1.29 is 9.90 Å². The standard InChI is InChI=1S/C17H24N4O2/c1-20(2)13-5-3-4-8-21(10-13)17(23)12-6-7-14-15(9-12)19-16(11-22)18-14/h6-7,9,13,22H,3-5,8,10-11H2,1-2H3,(H,18,19)/t13-/m0/s1. The highest BCUT2D eigenvalue weighted by Crippen LogP contribution is 2.19. The highest BCUT2D eigenvalue weighted by atomic mass is 16.3. The van der Waals surface area contributed by atoms with Crippen LogP contribution in [0, 0.1) is 0 Å². The summed E-state index contributed by atoms with van der Waals surface area (Å²) in [4.78, 5) is 24.3. The van der Waals surface area contributed by atoms with Gasteiger partial charge >= 0.3 is 0 Å².